The van der Waals surface area contributed by atoms with Crippen molar-refractivity contribution >= 4 is 23.5 Å². The van der Waals surface area contributed by atoms with Gasteiger partial charge in [-0.3, -0.25) is 14.5 Å². The highest BCUT2D eigenvalue weighted by atomic mass is 19.4. The van der Waals surface area contributed by atoms with E-state index in [-0.39, 0.29) is 18.2 Å². The molecule has 1 N–H and O–H groups in total. The number of imide groups is 1. The van der Waals surface area contributed by atoms with Crippen LogP contribution in [0.5, 0.6) is 0 Å². The van der Waals surface area contributed by atoms with Gasteiger partial charge in [0.05, 0.1) is 5.56 Å². The van der Waals surface area contributed by atoms with Gasteiger partial charge in [0.15, 0.2) is 0 Å². The highest BCUT2D eigenvalue weighted by Crippen LogP contribution is 2.30. The van der Waals surface area contributed by atoms with Crippen LogP contribution < -0.4 is 5.32 Å². The summed E-state index contributed by atoms with van der Waals surface area (Å²) in [5.74, 6) is -1.22. The minimum atomic E-state index is -4.53. The fraction of sp³-hybridized carbons (Fsp3) is 0.471. The zero-order chi connectivity index (χ0) is 19.5. The second-order valence-electron chi connectivity index (χ2n) is 6.09. The van der Waals surface area contributed by atoms with E-state index in [1.807, 2.05) is 13.8 Å². The Hall–Kier alpha value is -2.58. The number of nitrogens with one attached hydrogen (secondary N) is 1. The number of amides is 4. The molecular weight excluding hydrogens is 351 g/mol. The molecule has 1 unspecified atom stereocenters. The molecule has 0 bridgehead atoms. The average molecular weight is 371 g/mol. The van der Waals surface area contributed by atoms with E-state index in [0.29, 0.717) is 13.0 Å². The molecule has 4 amide bonds. The Labute approximate surface area is 148 Å². The summed E-state index contributed by atoms with van der Waals surface area (Å²) < 4.78 is 38.2. The normalized spacial score (nSPS) is 16.7. The summed E-state index contributed by atoms with van der Waals surface area (Å²) in [6, 6.07) is 3.51. The highest BCUT2D eigenvalue weighted by Gasteiger charge is 2.35. The van der Waals surface area contributed by atoms with Crippen molar-refractivity contribution < 1.29 is 27.6 Å². The third-order valence-electron chi connectivity index (χ3n) is 4.24. The Balaban J connectivity index is 2.07. The maximum Gasteiger partial charge on any atom is 0.416 e. The van der Waals surface area contributed by atoms with Crippen LogP contribution in [0.15, 0.2) is 24.3 Å². The molecule has 1 heterocycles. The van der Waals surface area contributed by atoms with Gasteiger partial charge >= 0.3 is 12.2 Å². The molecule has 1 saturated heterocycles. The number of carbonyl (C=O) groups is 3. The minimum absolute atomic E-state index is 0.0551. The van der Waals surface area contributed by atoms with E-state index < -0.39 is 36.1 Å². The molecular formula is C17H20F3N3O3. The quantitative estimate of drug-likeness (QED) is 0.865. The fourth-order valence-corrected chi connectivity index (χ4v) is 2.61. The van der Waals surface area contributed by atoms with Crippen molar-refractivity contribution in [3.63, 3.8) is 0 Å². The largest absolute Gasteiger partial charge is 0.416 e. The molecule has 0 saturated carbocycles. The molecule has 142 valence electrons. The maximum atomic E-state index is 12.7. The van der Waals surface area contributed by atoms with Crippen molar-refractivity contribution in [3.8, 4) is 0 Å². The molecule has 0 aromatic heterocycles. The summed E-state index contributed by atoms with van der Waals surface area (Å²) in [5.41, 5.74) is -0.955. The van der Waals surface area contributed by atoms with Crippen LogP contribution in [-0.4, -0.2) is 46.8 Å². The van der Waals surface area contributed by atoms with Gasteiger partial charge in [-0.05, 0) is 31.5 Å². The zero-order valence-corrected chi connectivity index (χ0v) is 14.5. The molecule has 9 heteroatoms. The first-order chi connectivity index (χ1) is 12.1. The van der Waals surface area contributed by atoms with Crippen molar-refractivity contribution in [1.82, 2.24) is 9.80 Å². The number of nitrogens with zero attached hydrogens (tertiary/aromatic N) is 2. The summed E-state index contributed by atoms with van der Waals surface area (Å²) >= 11 is 0. The predicted octanol–water partition coefficient (Wildman–Crippen LogP) is 3.10. The van der Waals surface area contributed by atoms with E-state index in [9.17, 15) is 27.6 Å². The second kappa shape index (κ2) is 7.76. The zero-order valence-electron chi connectivity index (χ0n) is 14.5. The van der Waals surface area contributed by atoms with Gasteiger partial charge in [-0.15, -0.1) is 0 Å². The molecule has 1 aromatic rings. The molecule has 1 atom stereocenters. The third-order valence-corrected chi connectivity index (χ3v) is 4.24. The standard InChI is InChI=1S/C17H20F3N3O3/c1-3-11(2)22-8-7-15(25)23(16(22)26)10-14(24)21-13-6-4-5-12(9-13)17(18,19)20/h4-6,9,11H,3,7-8,10H2,1-2H3,(H,21,24). The fourth-order valence-electron chi connectivity index (χ4n) is 2.61. The molecule has 0 aliphatic carbocycles. The van der Waals surface area contributed by atoms with Crippen LogP contribution in [0.2, 0.25) is 0 Å². The molecule has 2 rings (SSSR count). The van der Waals surface area contributed by atoms with Gasteiger partial charge in [0.2, 0.25) is 11.8 Å². The average Bonchev–Trinajstić information content (AvgIpc) is 2.57. The smallest absolute Gasteiger partial charge is 0.325 e. The van der Waals surface area contributed by atoms with Crippen LogP contribution >= 0.6 is 0 Å². The van der Waals surface area contributed by atoms with Crippen LogP contribution in [0, 0.1) is 0 Å². The number of hydrogen-bond donors (Lipinski definition) is 1. The van der Waals surface area contributed by atoms with E-state index in [1.54, 1.807) is 0 Å². The minimum Gasteiger partial charge on any atom is -0.325 e. The molecule has 1 aliphatic rings. The number of anilines is 1. The second-order valence-corrected chi connectivity index (χ2v) is 6.09. The van der Waals surface area contributed by atoms with Crippen molar-refractivity contribution in [3.05, 3.63) is 29.8 Å². The third kappa shape index (κ3) is 4.53. The summed E-state index contributed by atoms with van der Waals surface area (Å²) in [7, 11) is 0. The van der Waals surface area contributed by atoms with E-state index in [0.717, 1.165) is 17.0 Å². The SMILES string of the molecule is CCC(C)N1CCC(=O)N(CC(=O)Nc2cccc(C(F)(F)F)c2)C1=O. The van der Waals surface area contributed by atoms with Crippen molar-refractivity contribution in [2.45, 2.75) is 38.9 Å². The van der Waals surface area contributed by atoms with Gasteiger partial charge in [-0.2, -0.15) is 13.2 Å². The Morgan fingerprint density at radius 2 is 2.00 bits per heavy atom. The number of carbonyl (C=O) groups excluding carboxylic acids is 3. The van der Waals surface area contributed by atoms with E-state index in [1.165, 1.54) is 17.0 Å². The Morgan fingerprint density at radius 1 is 1.31 bits per heavy atom. The van der Waals surface area contributed by atoms with Gasteiger partial charge in [0.1, 0.15) is 6.54 Å². The Morgan fingerprint density at radius 3 is 2.62 bits per heavy atom. The first kappa shape index (κ1) is 19.7. The lowest BCUT2D eigenvalue weighted by atomic mass is 10.1. The highest BCUT2D eigenvalue weighted by molar-refractivity contribution is 6.02. The lowest BCUT2D eigenvalue weighted by Crippen LogP contribution is -2.56. The predicted molar refractivity (Wildman–Crippen MR) is 88.3 cm³/mol. The van der Waals surface area contributed by atoms with Gasteiger partial charge < -0.3 is 10.2 Å². The van der Waals surface area contributed by atoms with Crippen LogP contribution in [0.4, 0.5) is 23.7 Å². The first-order valence-corrected chi connectivity index (χ1v) is 8.21. The molecule has 26 heavy (non-hydrogen) atoms. The van der Waals surface area contributed by atoms with Gasteiger partial charge in [0.25, 0.3) is 0 Å². The van der Waals surface area contributed by atoms with Crippen molar-refractivity contribution in [2.75, 3.05) is 18.4 Å². The summed E-state index contributed by atoms with van der Waals surface area (Å²) in [4.78, 5) is 38.9. The van der Waals surface area contributed by atoms with Crippen molar-refractivity contribution in [1.29, 1.82) is 0 Å². The number of benzene rings is 1. The number of halogens is 3. The van der Waals surface area contributed by atoms with Gasteiger partial charge in [0, 0.05) is 24.7 Å². The Bertz CT molecular complexity index is 706. The van der Waals surface area contributed by atoms with Crippen LogP contribution in [0.25, 0.3) is 0 Å². The van der Waals surface area contributed by atoms with E-state index in [4.69, 9.17) is 0 Å². The van der Waals surface area contributed by atoms with Crippen molar-refractivity contribution in [2.24, 2.45) is 0 Å². The van der Waals surface area contributed by atoms with E-state index in [2.05, 4.69) is 5.32 Å². The molecule has 1 aromatic carbocycles. The number of alkyl halides is 3. The summed E-state index contributed by atoms with van der Waals surface area (Å²) in [6.07, 6.45) is -3.73. The maximum absolute atomic E-state index is 12.7. The number of rotatable bonds is 5. The summed E-state index contributed by atoms with van der Waals surface area (Å²) in [6.45, 7) is 3.49. The van der Waals surface area contributed by atoms with Crippen LogP contribution in [0.3, 0.4) is 0 Å². The Kier molecular flexibility index (Phi) is 5.89. The molecule has 0 spiro atoms. The molecule has 1 aliphatic heterocycles. The lowest BCUT2D eigenvalue weighted by molar-refractivity contribution is -0.137. The van der Waals surface area contributed by atoms with E-state index >= 15 is 0 Å². The molecule has 0 radical (unpaired) electrons. The van der Waals surface area contributed by atoms with Gasteiger partial charge in [-0.1, -0.05) is 13.0 Å². The topological polar surface area (TPSA) is 69.7 Å². The number of urea groups is 1. The first-order valence-electron chi connectivity index (χ1n) is 8.21. The summed E-state index contributed by atoms with van der Waals surface area (Å²) in [5, 5.41) is 2.30. The monoisotopic (exact) mass is 371 g/mol. The lowest BCUT2D eigenvalue weighted by Gasteiger charge is -2.37. The van der Waals surface area contributed by atoms with Crippen LogP contribution in [0.1, 0.15) is 32.3 Å². The van der Waals surface area contributed by atoms with Gasteiger partial charge in [-0.25, -0.2) is 4.79 Å². The molecule has 1 fully saturated rings. The number of hydrogen-bond acceptors (Lipinski definition) is 3. The molecule has 6 nitrogen and oxygen atoms in total. The van der Waals surface area contributed by atoms with Crippen LogP contribution in [-0.2, 0) is 15.8 Å².